The lowest BCUT2D eigenvalue weighted by molar-refractivity contribution is -0.383. The molecule has 1 rings (SSSR count). The number of rotatable bonds is 8. The molecule has 0 amide bonds. The van der Waals surface area contributed by atoms with Crippen molar-refractivity contribution in [2.24, 2.45) is 5.14 Å². The molecule has 10 nitrogen and oxygen atoms in total. The number of hydrogen-bond donors (Lipinski definition) is 3. The Bertz CT molecular complexity index is 576. The van der Waals surface area contributed by atoms with Gasteiger partial charge >= 0.3 is 5.69 Å². The molecule has 1 aromatic heterocycles. The fraction of sp³-hybridized carbons (Fsp3) is 0.556. The van der Waals surface area contributed by atoms with Crippen LogP contribution in [-0.4, -0.2) is 42.2 Å². The van der Waals surface area contributed by atoms with Crippen LogP contribution < -0.4 is 15.8 Å². The van der Waals surface area contributed by atoms with Crippen LogP contribution in [0.4, 0.5) is 17.3 Å². The topological polar surface area (TPSA) is 153 Å². The average molecular weight is 304 g/mol. The smallest absolute Gasteiger partial charge is 0.353 e. The number of sulfonamides is 1. The lowest BCUT2D eigenvalue weighted by Gasteiger charge is -2.08. The van der Waals surface area contributed by atoms with E-state index in [1.165, 1.54) is 6.33 Å². The third-order valence-corrected chi connectivity index (χ3v) is 3.10. The van der Waals surface area contributed by atoms with Crippen molar-refractivity contribution < 1.29 is 13.3 Å². The first-order valence-electron chi connectivity index (χ1n) is 5.82. The van der Waals surface area contributed by atoms with Gasteiger partial charge in [-0.25, -0.2) is 23.5 Å². The van der Waals surface area contributed by atoms with Gasteiger partial charge in [-0.15, -0.1) is 0 Å². The molecule has 112 valence electrons. The van der Waals surface area contributed by atoms with Gasteiger partial charge in [0.15, 0.2) is 0 Å². The van der Waals surface area contributed by atoms with Crippen molar-refractivity contribution in [1.82, 2.24) is 9.97 Å². The fourth-order valence-electron chi connectivity index (χ4n) is 1.46. The SMILES string of the molecule is CCNc1ncnc(NCCCS(N)(=O)=O)c1[N+](=O)[O-]. The summed E-state index contributed by atoms with van der Waals surface area (Å²) in [5, 5.41) is 21.4. The average Bonchev–Trinajstić information content (AvgIpc) is 2.33. The van der Waals surface area contributed by atoms with E-state index >= 15 is 0 Å². The summed E-state index contributed by atoms with van der Waals surface area (Å²) in [6.45, 7) is 2.45. The molecule has 1 aromatic rings. The number of aromatic nitrogens is 2. The van der Waals surface area contributed by atoms with Crippen LogP contribution in [0.3, 0.4) is 0 Å². The highest BCUT2D eigenvalue weighted by atomic mass is 32.2. The summed E-state index contributed by atoms with van der Waals surface area (Å²) in [7, 11) is -3.54. The summed E-state index contributed by atoms with van der Waals surface area (Å²) in [6.07, 6.45) is 1.41. The first kappa shape index (κ1) is 16.0. The second-order valence-electron chi connectivity index (χ2n) is 3.85. The zero-order valence-corrected chi connectivity index (χ0v) is 11.7. The van der Waals surface area contributed by atoms with Gasteiger partial charge in [-0.2, -0.15) is 0 Å². The Hall–Kier alpha value is -2.01. The largest absolute Gasteiger partial charge is 0.364 e. The maximum absolute atomic E-state index is 11.0. The molecule has 0 aromatic carbocycles. The molecule has 1 heterocycles. The van der Waals surface area contributed by atoms with Crippen molar-refractivity contribution in [3.05, 3.63) is 16.4 Å². The van der Waals surface area contributed by atoms with Crippen molar-refractivity contribution in [2.75, 3.05) is 29.5 Å². The van der Waals surface area contributed by atoms with Crippen LogP contribution in [0.25, 0.3) is 0 Å². The number of primary sulfonamides is 1. The summed E-state index contributed by atoms with van der Waals surface area (Å²) in [5.74, 6) is -0.0595. The number of hydrogen-bond acceptors (Lipinski definition) is 8. The Morgan fingerprint density at radius 3 is 2.45 bits per heavy atom. The van der Waals surface area contributed by atoms with Gasteiger partial charge in [-0.3, -0.25) is 10.1 Å². The number of nitrogens with one attached hydrogen (secondary N) is 2. The van der Waals surface area contributed by atoms with Crippen molar-refractivity contribution in [3.8, 4) is 0 Å². The standard InChI is InChI=1S/C9H16N6O4S/c1-2-11-8-7(15(16)17)9(14-6-13-8)12-4-3-5-20(10,18)19/h6H,2-5H2,1H3,(H2,10,18,19)(H2,11,12,13,14). The normalized spacial score (nSPS) is 11.1. The van der Waals surface area contributed by atoms with E-state index in [1.807, 2.05) is 0 Å². The van der Waals surface area contributed by atoms with Crippen LogP contribution in [0.1, 0.15) is 13.3 Å². The Morgan fingerprint density at radius 1 is 1.35 bits per heavy atom. The Balaban J connectivity index is 2.79. The number of nitrogens with two attached hydrogens (primary N) is 1. The monoisotopic (exact) mass is 304 g/mol. The van der Waals surface area contributed by atoms with Gasteiger partial charge < -0.3 is 10.6 Å². The lowest BCUT2D eigenvalue weighted by Crippen LogP contribution is -2.19. The van der Waals surface area contributed by atoms with Crippen LogP contribution >= 0.6 is 0 Å². The van der Waals surface area contributed by atoms with Gasteiger partial charge in [0, 0.05) is 13.1 Å². The summed E-state index contributed by atoms with van der Waals surface area (Å²) in [5.41, 5.74) is -0.273. The van der Waals surface area contributed by atoms with E-state index in [0.29, 0.717) is 6.54 Å². The number of nitro groups is 1. The van der Waals surface area contributed by atoms with Crippen molar-refractivity contribution in [1.29, 1.82) is 0 Å². The zero-order chi connectivity index (χ0) is 15.2. The predicted octanol–water partition coefficient (Wildman–Crippen LogP) is -0.0929. The number of nitrogens with zero attached hydrogens (tertiary/aromatic N) is 3. The van der Waals surface area contributed by atoms with Crippen LogP contribution in [0.2, 0.25) is 0 Å². The summed E-state index contributed by atoms with van der Waals surface area (Å²) < 4.78 is 21.5. The Kier molecular flexibility index (Phi) is 5.58. The molecule has 0 atom stereocenters. The van der Waals surface area contributed by atoms with Crippen LogP contribution in [0.5, 0.6) is 0 Å². The van der Waals surface area contributed by atoms with E-state index in [1.54, 1.807) is 6.92 Å². The van der Waals surface area contributed by atoms with E-state index in [4.69, 9.17) is 5.14 Å². The molecule has 0 spiro atoms. The first-order chi connectivity index (χ1) is 9.35. The molecule has 0 bridgehead atoms. The minimum absolute atomic E-state index is 0.0374. The van der Waals surface area contributed by atoms with Gasteiger partial charge in [0.2, 0.25) is 21.7 Å². The lowest BCUT2D eigenvalue weighted by atomic mass is 10.4. The molecule has 4 N–H and O–H groups in total. The minimum Gasteiger partial charge on any atom is -0.364 e. The van der Waals surface area contributed by atoms with Gasteiger partial charge in [0.05, 0.1) is 10.7 Å². The first-order valence-corrected chi connectivity index (χ1v) is 7.54. The quantitative estimate of drug-likeness (QED) is 0.342. The molecule has 0 fully saturated rings. The molecule has 0 aliphatic heterocycles. The van der Waals surface area contributed by atoms with E-state index < -0.39 is 14.9 Å². The van der Waals surface area contributed by atoms with Crippen molar-refractivity contribution in [2.45, 2.75) is 13.3 Å². The molecule has 20 heavy (non-hydrogen) atoms. The third kappa shape index (κ3) is 4.93. The molecule has 11 heteroatoms. The summed E-state index contributed by atoms with van der Waals surface area (Å²) in [6, 6.07) is 0. The summed E-state index contributed by atoms with van der Waals surface area (Å²) >= 11 is 0. The van der Waals surface area contributed by atoms with Gasteiger partial charge in [0.1, 0.15) is 6.33 Å². The molecule has 0 aliphatic rings. The maximum atomic E-state index is 11.0. The van der Waals surface area contributed by atoms with E-state index in [-0.39, 0.29) is 36.0 Å². The molecule has 0 aliphatic carbocycles. The fourth-order valence-corrected chi connectivity index (χ4v) is 2.00. The molecule has 0 saturated carbocycles. The van der Waals surface area contributed by atoms with Gasteiger partial charge in [-0.05, 0) is 13.3 Å². The maximum Gasteiger partial charge on any atom is 0.353 e. The highest BCUT2D eigenvalue weighted by Crippen LogP contribution is 2.28. The third-order valence-electron chi connectivity index (χ3n) is 2.25. The molecule has 0 radical (unpaired) electrons. The van der Waals surface area contributed by atoms with E-state index in [0.717, 1.165) is 0 Å². The zero-order valence-electron chi connectivity index (χ0n) is 10.9. The minimum atomic E-state index is -3.54. The van der Waals surface area contributed by atoms with Crippen LogP contribution in [0, 0.1) is 10.1 Å². The van der Waals surface area contributed by atoms with Crippen LogP contribution in [-0.2, 0) is 10.0 Å². The highest BCUT2D eigenvalue weighted by molar-refractivity contribution is 7.89. The molecule has 0 unspecified atom stereocenters. The highest BCUT2D eigenvalue weighted by Gasteiger charge is 2.22. The summed E-state index contributed by atoms with van der Waals surface area (Å²) in [4.78, 5) is 18.0. The molecule has 0 saturated heterocycles. The van der Waals surface area contributed by atoms with Gasteiger partial charge in [-0.1, -0.05) is 0 Å². The predicted molar refractivity (Wildman–Crippen MR) is 73.9 cm³/mol. The van der Waals surface area contributed by atoms with Crippen molar-refractivity contribution in [3.63, 3.8) is 0 Å². The second kappa shape index (κ2) is 6.96. The Labute approximate surface area is 116 Å². The Morgan fingerprint density at radius 2 is 1.95 bits per heavy atom. The van der Waals surface area contributed by atoms with E-state index in [9.17, 15) is 18.5 Å². The second-order valence-corrected chi connectivity index (χ2v) is 5.59. The molecular weight excluding hydrogens is 288 g/mol. The molecular formula is C9H16N6O4S. The number of anilines is 2. The van der Waals surface area contributed by atoms with Crippen molar-refractivity contribution >= 4 is 27.3 Å². The van der Waals surface area contributed by atoms with Gasteiger partial charge in [0.25, 0.3) is 0 Å². The van der Waals surface area contributed by atoms with Crippen LogP contribution in [0.15, 0.2) is 6.33 Å². The van der Waals surface area contributed by atoms with E-state index in [2.05, 4.69) is 20.6 Å².